The zero-order valence-corrected chi connectivity index (χ0v) is 10.9. The van der Waals surface area contributed by atoms with Crippen molar-refractivity contribution in [1.29, 1.82) is 0 Å². The number of hydrogen-bond donors (Lipinski definition) is 1. The van der Waals surface area contributed by atoms with Crippen molar-refractivity contribution in [2.45, 2.75) is 39.0 Å². The predicted molar refractivity (Wildman–Crippen MR) is 70.1 cm³/mol. The summed E-state index contributed by atoms with van der Waals surface area (Å²) < 4.78 is 0. The molecule has 1 N–H and O–H groups in total. The van der Waals surface area contributed by atoms with Crippen LogP contribution in [0.15, 0.2) is 24.3 Å². The van der Waals surface area contributed by atoms with Crippen molar-refractivity contribution in [2.24, 2.45) is 5.92 Å². The molecule has 1 aliphatic heterocycles. The number of nitrogens with one attached hydrogen (secondary N) is 1. The number of benzene rings is 1. The van der Waals surface area contributed by atoms with Gasteiger partial charge < -0.3 is 0 Å². The van der Waals surface area contributed by atoms with Crippen LogP contribution in [0.2, 0.25) is 0 Å². The molecule has 1 heterocycles. The van der Waals surface area contributed by atoms with E-state index < -0.39 is 0 Å². The summed E-state index contributed by atoms with van der Waals surface area (Å²) in [6.07, 6.45) is 2.07. The number of carbonyl (C=O) groups excluding carboxylic acids is 2. The summed E-state index contributed by atoms with van der Waals surface area (Å²) in [6.45, 7) is 4.36. The van der Waals surface area contributed by atoms with Crippen LogP contribution >= 0.6 is 0 Å². The minimum atomic E-state index is -0.171. The lowest BCUT2D eigenvalue weighted by molar-refractivity contribution is -0.134. The molecule has 1 unspecified atom stereocenters. The third-order valence-corrected chi connectivity index (χ3v) is 3.24. The molecule has 1 aliphatic rings. The van der Waals surface area contributed by atoms with Gasteiger partial charge >= 0.3 is 0 Å². The number of amides is 2. The highest BCUT2D eigenvalue weighted by Gasteiger charge is 2.27. The van der Waals surface area contributed by atoms with Crippen molar-refractivity contribution in [2.75, 3.05) is 0 Å². The summed E-state index contributed by atoms with van der Waals surface area (Å²) in [4.78, 5) is 22.9. The molecular weight excluding hydrogens is 226 g/mol. The fraction of sp³-hybridized carbons (Fsp3) is 0.467. The van der Waals surface area contributed by atoms with Gasteiger partial charge in [0.15, 0.2) is 0 Å². The Kier molecular flexibility index (Phi) is 3.80. The first kappa shape index (κ1) is 12.8. The van der Waals surface area contributed by atoms with Gasteiger partial charge in [-0.3, -0.25) is 14.9 Å². The normalized spacial score (nSPS) is 20.1. The molecule has 18 heavy (non-hydrogen) atoms. The standard InChI is InChI=1S/C15H19NO2/c1-10(2)8-11-4-3-5-12(9-11)13-6-7-14(17)16-15(13)18/h3-5,9-10,13H,6-8H2,1-2H3,(H,16,17,18). The van der Waals surface area contributed by atoms with E-state index in [1.54, 1.807) is 0 Å². The van der Waals surface area contributed by atoms with E-state index in [9.17, 15) is 9.59 Å². The molecule has 0 spiro atoms. The molecule has 0 bridgehead atoms. The molecule has 3 heteroatoms. The fourth-order valence-corrected chi connectivity index (χ4v) is 2.42. The molecule has 0 aromatic heterocycles. The molecule has 2 amide bonds. The number of carbonyl (C=O) groups is 2. The molecule has 1 aromatic carbocycles. The SMILES string of the molecule is CC(C)Cc1cccc(C2CCC(=O)NC2=O)c1. The lowest BCUT2D eigenvalue weighted by atomic mass is 9.88. The summed E-state index contributed by atoms with van der Waals surface area (Å²) >= 11 is 0. The van der Waals surface area contributed by atoms with Crippen LogP contribution in [0.25, 0.3) is 0 Å². The maximum absolute atomic E-state index is 11.8. The van der Waals surface area contributed by atoms with Crippen molar-refractivity contribution >= 4 is 11.8 Å². The van der Waals surface area contributed by atoms with Crippen LogP contribution in [0.4, 0.5) is 0 Å². The van der Waals surface area contributed by atoms with Gasteiger partial charge in [-0.2, -0.15) is 0 Å². The lowest BCUT2D eigenvalue weighted by Gasteiger charge is -2.21. The molecule has 1 atom stereocenters. The monoisotopic (exact) mass is 245 g/mol. The first-order valence-corrected chi connectivity index (χ1v) is 6.49. The van der Waals surface area contributed by atoms with E-state index in [-0.39, 0.29) is 17.7 Å². The number of hydrogen-bond acceptors (Lipinski definition) is 2. The Balaban J connectivity index is 2.17. The topological polar surface area (TPSA) is 46.2 Å². The Bertz CT molecular complexity index is 465. The van der Waals surface area contributed by atoms with Crippen LogP contribution in [-0.2, 0) is 16.0 Å². The first-order valence-electron chi connectivity index (χ1n) is 6.49. The largest absolute Gasteiger partial charge is 0.296 e. The number of piperidine rings is 1. The van der Waals surface area contributed by atoms with E-state index in [2.05, 4.69) is 31.3 Å². The Hall–Kier alpha value is -1.64. The van der Waals surface area contributed by atoms with Crippen LogP contribution in [0.3, 0.4) is 0 Å². The molecule has 2 rings (SSSR count). The van der Waals surface area contributed by atoms with Gasteiger partial charge in [-0.15, -0.1) is 0 Å². The Morgan fingerprint density at radius 3 is 2.78 bits per heavy atom. The van der Waals surface area contributed by atoms with E-state index in [1.165, 1.54) is 5.56 Å². The molecule has 0 aliphatic carbocycles. The Morgan fingerprint density at radius 2 is 2.11 bits per heavy atom. The minimum absolute atomic E-state index is 0.158. The van der Waals surface area contributed by atoms with Gasteiger partial charge in [-0.25, -0.2) is 0 Å². The summed E-state index contributed by atoms with van der Waals surface area (Å²) in [5.74, 6) is 0.111. The van der Waals surface area contributed by atoms with Gasteiger partial charge in [-0.05, 0) is 29.9 Å². The van der Waals surface area contributed by atoms with E-state index in [1.807, 2.05) is 12.1 Å². The van der Waals surface area contributed by atoms with Crippen LogP contribution in [0.5, 0.6) is 0 Å². The fourth-order valence-electron chi connectivity index (χ4n) is 2.42. The second-order valence-corrected chi connectivity index (χ2v) is 5.35. The molecule has 1 aromatic rings. The third-order valence-electron chi connectivity index (χ3n) is 3.24. The highest BCUT2D eigenvalue weighted by molar-refractivity contribution is 6.00. The van der Waals surface area contributed by atoms with E-state index >= 15 is 0 Å². The summed E-state index contributed by atoms with van der Waals surface area (Å²) in [5.41, 5.74) is 2.28. The van der Waals surface area contributed by atoms with E-state index in [0.29, 0.717) is 18.8 Å². The van der Waals surface area contributed by atoms with Crippen LogP contribution in [0.1, 0.15) is 43.7 Å². The smallest absolute Gasteiger partial charge is 0.234 e. The number of rotatable bonds is 3. The highest BCUT2D eigenvalue weighted by Crippen LogP contribution is 2.25. The van der Waals surface area contributed by atoms with Gasteiger partial charge in [0.05, 0.1) is 5.92 Å². The highest BCUT2D eigenvalue weighted by atomic mass is 16.2. The van der Waals surface area contributed by atoms with Crippen molar-refractivity contribution in [1.82, 2.24) is 5.32 Å². The zero-order chi connectivity index (χ0) is 13.1. The van der Waals surface area contributed by atoms with E-state index in [4.69, 9.17) is 0 Å². The summed E-state index contributed by atoms with van der Waals surface area (Å²) in [5, 5.41) is 2.41. The van der Waals surface area contributed by atoms with Gasteiger partial charge in [0.25, 0.3) is 0 Å². The molecule has 3 nitrogen and oxygen atoms in total. The third kappa shape index (κ3) is 2.97. The lowest BCUT2D eigenvalue weighted by Crippen LogP contribution is -2.39. The second-order valence-electron chi connectivity index (χ2n) is 5.35. The maximum Gasteiger partial charge on any atom is 0.234 e. The zero-order valence-electron chi connectivity index (χ0n) is 10.9. The van der Waals surface area contributed by atoms with Crippen LogP contribution < -0.4 is 5.32 Å². The van der Waals surface area contributed by atoms with Crippen LogP contribution in [0, 0.1) is 5.92 Å². The van der Waals surface area contributed by atoms with Gasteiger partial charge in [-0.1, -0.05) is 38.1 Å². The number of imide groups is 1. The molecule has 96 valence electrons. The van der Waals surface area contributed by atoms with Crippen molar-refractivity contribution in [3.05, 3.63) is 35.4 Å². The van der Waals surface area contributed by atoms with Gasteiger partial charge in [0.1, 0.15) is 0 Å². The van der Waals surface area contributed by atoms with Gasteiger partial charge in [0, 0.05) is 6.42 Å². The average molecular weight is 245 g/mol. The van der Waals surface area contributed by atoms with Crippen molar-refractivity contribution < 1.29 is 9.59 Å². The molecule has 0 radical (unpaired) electrons. The minimum Gasteiger partial charge on any atom is -0.296 e. The van der Waals surface area contributed by atoms with Gasteiger partial charge in [0.2, 0.25) is 11.8 Å². The Labute approximate surface area is 108 Å². The molecule has 1 saturated heterocycles. The molecular formula is C15H19NO2. The second kappa shape index (κ2) is 5.34. The van der Waals surface area contributed by atoms with Crippen LogP contribution in [-0.4, -0.2) is 11.8 Å². The van der Waals surface area contributed by atoms with E-state index in [0.717, 1.165) is 12.0 Å². The Morgan fingerprint density at radius 1 is 1.33 bits per heavy atom. The summed E-state index contributed by atoms with van der Waals surface area (Å²) in [7, 11) is 0. The average Bonchev–Trinajstić information content (AvgIpc) is 2.28. The molecule has 1 fully saturated rings. The summed E-state index contributed by atoms with van der Waals surface area (Å²) in [6, 6.07) is 8.16. The molecule has 0 saturated carbocycles. The van der Waals surface area contributed by atoms with Crippen molar-refractivity contribution in [3.8, 4) is 0 Å². The van der Waals surface area contributed by atoms with Crippen molar-refractivity contribution in [3.63, 3.8) is 0 Å². The first-order chi connectivity index (χ1) is 8.56. The predicted octanol–water partition coefficient (Wildman–Crippen LogP) is 2.41. The maximum atomic E-state index is 11.8. The quantitative estimate of drug-likeness (QED) is 0.831.